The van der Waals surface area contributed by atoms with Crippen molar-refractivity contribution in [2.24, 2.45) is 5.92 Å². The number of allylic oxidation sites excluding steroid dienone is 2. The minimum Gasteiger partial charge on any atom is -0.390 e. The van der Waals surface area contributed by atoms with Gasteiger partial charge in [-0.15, -0.1) is 0 Å². The van der Waals surface area contributed by atoms with E-state index in [1.54, 1.807) is 12.1 Å². The molecule has 0 bridgehead atoms. The van der Waals surface area contributed by atoms with Crippen molar-refractivity contribution in [3.8, 4) is 0 Å². The van der Waals surface area contributed by atoms with Gasteiger partial charge in [-0.1, -0.05) is 13.5 Å². The molecule has 1 aromatic rings. The van der Waals surface area contributed by atoms with Crippen LogP contribution in [0.5, 0.6) is 0 Å². The van der Waals surface area contributed by atoms with Crippen molar-refractivity contribution >= 4 is 5.69 Å². The van der Waals surface area contributed by atoms with Gasteiger partial charge in [-0.05, 0) is 37.1 Å². The smallest absolute Gasteiger partial charge is 0.123 e. The number of rotatable bonds is 3. The average molecular weight is 287 g/mol. The molecule has 3 N–H and O–H groups in total. The molecule has 2 aliphatic rings. The molecule has 0 aromatic heterocycles. The first-order valence-corrected chi connectivity index (χ1v) is 7.41. The van der Waals surface area contributed by atoms with Crippen LogP contribution in [0, 0.1) is 11.7 Å². The van der Waals surface area contributed by atoms with E-state index in [-0.39, 0.29) is 11.7 Å². The maximum Gasteiger partial charge on any atom is 0.123 e. The van der Waals surface area contributed by atoms with Crippen molar-refractivity contribution in [3.05, 3.63) is 53.2 Å². The van der Waals surface area contributed by atoms with E-state index in [0.29, 0.717) is 12.0 Å². The maximum absolute atomic E-state index is 13.5. The summed E-state index contributed by atoms with van der Waals surface area (Å²) in [6, 6.07) is 5.25. The minimum atomic E-state index is -0.187. The molecule has 0 aliphatic carbocycles. The third-order valence-corrected chi connectivity index (χ3v) is 4.73. The molecule has 3 nitrogen and oxygen atoms in total. The monoisotopic (exact) mass is 287 g/mol. The van der Waals surface area contributed by atoms with Crippen LogP contribution in [0.3, 0.4) is 0 Å². The standard InChI is InChI=1S/C17H22FN3/c1-9-16(21-11(3)17(9)19-4)8-13-10(2)20-15-6-5-12(18)7-14(13)15/h5-7,9,13,16,19-21H,2,8H2,1,3-4H3. The zero-order chi connectivity index (χ0) is 15.1. The van der Waals surface area contributed by atoms with Crippen molar-refractivity contribution in [2.45, 2.75) is 32.2 Å². The van der Waals surface area contributed by atoms with Gasteiger partial charge in [0.1, 0.15) is 5.82 Å². The SMILES string of the molecule is C=C1Nc2ccc(F)cc2C1CC1NC(C)=C(NC)C1C. The molecule has 0 saturated carbocycles. The fourth-order valence-corrected chi connectivity index (χ4v) is 3.61. The first kappa shape index (κ1) is 14.0. The zero-order valence-corrected chi connectivity index (χ0v) is 12.8. The lowest BCUT2D eigenvalue weighted by Crippen LogP contribution is -2.30. The van der Waals surface area contributed by atoms with Gasteiger partial charge >= 0.3 is 0 Å². The normalized spacial score (nSPS) is 27.4. The largest absolute Gasteiger partial charge is 0.390 e. The number of anilines is 1. The van der Waals surface area contributed by atoms with E-state index in [1.807, 2.05) is 7.05 Å². The molecular weight excluding hydrogens is 265 g/mol. The van der Waals surface area contributed by atoms with Gasteiger partial charge in [0.25, 0.3) is 0 Å². The van der Waals surface area contributed by atoms with Gasteiger partial charge in [0.15, 0.2) is 0 Å². The van der Waals surface area contributed by atoms with E-state index in [1.165, 1.54) is 17.5 Å². The van der Waals surface area contributed by atoms with Gasteiger partial charge in [-0.3, -0.25) is 0 Å². The molecule has 21 heavy (non-hydrogen) atoms. The lowest BCUT2D eigenvalue weighted by Gasteiger charge is -2.23. The van der Waals surface area contributed by atoms with Crippen LogP contribution in [0.25, 0.3) is 0 Å². The summed E-state index contributed by atoms with van der Waals surface area (Å²) in [4.78, 5) is 0. The van der Waals surface area contributed by atoms with Crippen LogP contribution in [0.4, 0.5) is 10.1 Å². The summed E-state index contributed by atoms with van der Waals surface area (Å²) >= 11 is 0. The van der Waals surface area contributed by atoms with Crippen molar-refractivity contribution in [2.75, 3.05) is 12.4 Å². The summed E-state index contributed by atoms with van der Waals surface area (Å²) in [6.45, 7) is 8.43. The maximum atomic E-state index is 13.5. The highest BCUT2D eigenvalue weighted by molar-refractivity contribution is 5.64. The molecule has 2 heterocycles. The van der Waals surface area contributed by atoms with Crippen LogP contribution >= 0.6 is 0 Å². The van der Waals surface area contributed by atoms with E-state index in [0.717, 1.165) is 23.4 Å². The second-order valence-electron chi connectivity index (χ2n) is 6.00. The number of fused-ring (bicyclic) bond motifs is 1. The van der Waals surface area contributed by atoms with Gasteiger partial charge in [0, 0.05) is 47.7 Å². The molecule has 2 aliphatic heterocycles. The van der Waals surface area contributed by atoms with Crippen LogP contribution in [-0.2, 0) is 0 Å². The summed E-state index contributed by atoms with van der Waals surface area (Å²) in [7, 11) is 1.96. The second-order valence-corrected chi connectivity index (χ2v) is 6.00. The molecule has 3 atom stereocenters. The highest BCUT2D eigenvalue weighted by Gasteiger charge is 2.34. The van der Waals surface area contributed by atoms with E-state index >= 15 is 0 Å². The van der Waals surface area contributed by atoms with Gasteiger partial charge in [-0.25, -0.2) is 4.39 Å². The molecule has 3 rings (SSSR count). The first-order chi connectivity index (χ1) is 10.0. The Bertz CT molecular complexity index is 620. The molecule has 1 aromatic carbocycles. The number of hydrogen-bond acceptors (Lipinski definition) is 3. The Morgan fingerprint density at radius 1 is 1.38 bits per heavy atom. The summed E-state index contributed by atoms with van der Waals surface area (Å²) < 4.78 is 13.5. The number of halogens is 1. The second kappa shape index (κ2) is 5.10. The highest BCUT2D eigenvalue weighted by atomic mass is 19.1. The van der Waals surface area contributed by atoms with Gasteiger partial charge < -0.3 is 16.0 Å². The van der Waals surface area contributed by atoms with Crippen molar-refractivity contribution < 1.29 is 4.39 Å². The Hall–Kier alpha value is -1.97. The topological polar surface area (TPSA) is 36.1 Å². The summed E-state index contributed by atoms with van der Waals surface area (Å²) in [5.74, 6) is 0.382. The summed E-state index contributed by atoms with van der Waals surface area (Å²) in [6.07, 6.45) is 0.909. The van der Waals surface area contributed by atoms with Gasteiger partial charge in [0.05, 0.1) is 0 Å². The average Bonchev–Trinajstić information content (AvgIpc) is 2.88. The number of hydrogen-bond donors (Lipinski definition) is 3. The fraction of sp³-hybridized carbons (Fsp3) is 0.412. The predicted octanol–water partition coefficient (Wildman–Crippen LogP) is 3.30. The van der Waals surface area contributed by atoms with Gasteiger partial charge in [0.2, 0.25) is 0 Å². The molecule has 0 fully saturated rings. The Morgan fingerprint density at radius 2 is 2.14 bits per heavy atom. The van der Waals surface area contributed by atoms with Gasteiger partial charge in [-0.2, -0.15) is 0 Å². The van der Waals surface area contributed by atoms with Crippen molar-refractivity contribution in [1.82, 2.24) is 10.6 Å². The lowest BCUT2D eigenvalue weighted by atomic mass is 9.87. The zero-order valence-electron chi connectivity index (χ0n) is 12.8. The minimum absolute atomic E-state index is 0.152. The third-order valence-electron chi connectivity index (χ3n) is 4.73. The molecule has 0 amide bonds. The molecular formula is C17H22FN3. The molecule has 0 saturated heterocycles. The van der Waals surface area contributed by atoms with E-state index in [2.05, 4.69) is 36.4 Å². The Kier molecular flexibility index (Phi) is 3.40. The molecule has 112 valence electrons. The van der Waals surface area contributed by atoms with Crippen LogP contribution in [0.15, 0.2) is 41.9 Å². The Labute approximate surface area is 125 Å². The Morgan fingerprint density at radius 3 is 2.81 bits per heavy atom. The van der Waals surface area contributed by atoms with Crippen molar-refractivity contribution in [3.63, 3.8) is 0 Å². The highest BCUT2D eigenvalue weighted by Crippen LogP contribution is 2.42. The first-order valence-electron chi connectivity index (χ1n) is 7.41. The quantitative estimate of drug-likeness (QED) is 0.798. The number of benzene rings is 1. The summed E-state index contributed by atoms with van der Waals surface area (Å²) in [5, 5.41) is 10.1. The summed E-state index contributed by atoms with van der Waals surface area (Å²) in [5.41, 5.74) is 5.42. The molecule has 4 heteroatoms. The Balaban J connectivity index is 1.81. The fourth-order valence-electron chi connectivity index (χ4n) is 3.61. The van der Waals surface area contributed by atoms with Crippen LogP contribution in [0.1, 0.15) is 31.7 Å². The molecule has 0 spiro atoms. The third kappa shape index (κ3) is 2.28. The van der Waals surface area contributed by atoms with Crippen molar-refractivity contribution in [1.29, 1.82) is 0 Å². The predicted molar refractivity (Wildman–Crippen MR) is 84.4 cm³/mol. The molecule has 0 radical (unpaired) electrons. The van der Waals surface area contributed by atoms with E-state index in [9.17, 15) is 4.39 Å². The van der Waals surface area contributed by atoms with Crippen LogP contribution in [-0.4, -0.2) is 13.1 Å². The number of nitrogens with one attached hydrogen (secondary N) is 3. The van der Waals surface area contributed by atoms with E-state index < -0.39 is 0 Å². The van der Waals surface area contributed by atoms with E-state index in [4.69, 9.17) is 0 Å². The van der Waals surface area contributed by atoms with Crippen LogP contribution in [0.2, 0.25) is 0 Å². The van der Waals surface area contributed by atoms with Crippen LogP contribution < -0.4 is 16.0 Å². The lowest BCUT2D eigenvalue weighted by molar-refractivity contribution is 0.437. The molecule has 3 unspecified atom stereocenters.